The molecule has 2 rings (SSSR count). The first kappa shape index (κ1) is 13.6. The van der Waals surface area contributed by atoms with Crippen LogP contribution in [0.3, 0.4) is 0 Å². The molecule has 19 heavy (non-hydrogen) atoms. The van der Waals surface area contributed by atoms with E-state index in [1.54, 1.807) is 12.1 Å². The molecule has 0 amide bonds. The number of hydrogen-bond acceptors (Lipinski definition) is 7. The van der Waals surface area contributed by atoms with Crippen LogP contribution in [0.15, 0.2) is 34.9 Å². The van der Waals surface area contributed by atoms with Gasteiger partial charge in [0, 0.05) is 12.0 Å². The van der Waals surface area contributed by atoms with Crippen molar-refractivity contribution in [1.82, 2.24) is 10.1 Å². The van der Waals surface area contributed by atoms with Gasteiger partial charge in [-0.25, -0.2) is 0 Å². The molecule has 0 saturated carbocycles. The second kappa shape index (κ2) is 5.89. The van der Waals surface area contributed by atoms with Crippen molar-refractivity contribution in [2.75, 3.05) is 0 Å². The Morgan fingerprint density at radius 2 is 1.63 bits per heavy atom. The first-order valence-corrected chi connectivity index (χ1v) is 5.68. The van der Waals surface area contributed by atoms with E-state index in [1.165, 1.54) is 0 Å². The van der Waals surface area contributed by atoms with Crippen molar-refractivity contribution in [3.8, 4) is 11.5 Å². The first-order valence-electron chi connectivity index (χ1n) is 5.68. The number of aliphatic hydroxyl groups is 4. The standard InChI is InChI=1S/C12H14N2O5/c15-11(16)8(12(17)18)6-9-13-10(19-14-9)7-4-2-1-3-5-7/h1-5,8,11-12,15-18H,6H2. The molecular formula is C12H14N2O5. The van der Waals surface area contributed by atoms with Gasteiger partial charge in [-0.05, 0) is 12.1 Å². The number of rotatable bonds is 5. The van der Waals surface area contributed by atoms with E-state index in [1.807, 2.05) is 18.2 Å². The molecule has 102 valence electrons. The minimum atomic E-state index is -1.88. The molecule has 0 aliphatic heterocycles. The van der Waals surface area contributed by atoms with Crippen LogP contribution in [0.5, 0.6) is 0 Å². The summed E-state index contributed by atoms with van der Waals surface area (Å²) in [6, 6.07) is 9.06. The summed E-state index contributed by atoms with van der Waals surface area (Å²) in [4.78, 5) is 4.06. The molecular weight excluding hydrogens is 252 g/mol. The SMILES string of the molecule is OC(O)C(Cc1noc(-c2ccccc2)n1)C(O)O. The molecule has 0 bridgehead atoms. The highest BCUT2D eigenvalue weighted by Gasteiger charge is 2.26. The minimum Gasteiger partial charge on any atom is -0.368 e. The van der Waals surface area contributed by atoms with Crippen molar-refractivity contribution >= 4 is 0 Å². The summed E-state index contributed by atoms with van der Waals surface area (Å²) in [5.41, 5.74) is 0.729. The molecule has 1 aromatic heterocycles. The summed E-state index contributed by atoms with van der Waals surface area (Å²) >= 11 is 0. The fourth-order valence-corrected chi connectivity index (χ4v) is 1.61. The normalized spacial score (nSPS) is 11.7. The molecule has 1 heterocycles. The zero-order valence-electron chi connectivity index (χ0n) is 9.92. The van der Waals surface area contributed by atoms with Gasteiger partial charge >= 0.3 is 0 Å². The van der Waals surface area contributed by atoms with Gasteiger partial charge in [0.2, 0.25) is 0 Å². The molecule has 0 unspecified atom stereocenters. The second-order valence-corrected chi connectivity index (χ2v) is 4.08. The molecule has 0 radical (unpaired) electrons. The highest BCUT2D eigenvalue weighted by atomic mass is 16.5. The van der Waals surface area contributed by atoms with Crippen molar-refractivity contribution < 1.29 is 24.9 Å². The Hall–Kier alpha value is -1.80. The van der Waals surface area contributed by atoms with Crippen molar-refractivity contribution in [3.05, 3.63) is 36.2 Å². The average molecular weight is 266 g/mol. The summed E-state index contributed by atoms with van der Waals surface area (Å²) in [7, 11) is 0. The van der Waals surface area contributed by atoms with Crippen molar-refractivity contribution in [2.45, 2.75) is 19.0 Å². The summed E-state index contributed by atoms with van der Waals surface area (Å²) < 4.78 is 5.02. The van der Waals surface area contributed by atoms with Crippen molar-refractivity contribution in [1.29, 1.82) is 0 Å². The molecule has 0 fully saturated rings. The highest BCUT2D eigenvalue weighted by molar-refractivity contribution is 5.51. The topological polar surface area (TPSA) is 120 Å². The van der Waals surface area contributed by atoms with E-state index in [0.717, 1.165) is 5.56 Å². The lowest BCUT2D eigenvalue weighted by atomic mass is 10.0. The minimum absolute atomic E-state index is 0.119. The predicted molar refractivity (Wildman–Crippen MR) is 63.4 cm³/mol. The Labute approximate surface area is 108 Å². The third-order valence-electron chi connectivity index (χ3n) is 2.67. The lowest BCUT2D eigenvalue weighted by molar-refractivity contribution is -0.177. The van der Waals surface area contributed by atoms with E-state index in [9.17, 15) is 0 Å². The Morgan fingerprint density at radius 3 is 2.21 bits per heavy atom. The molecule has 0 aliphatic rings. The Morgan fingerprint density at radius 1 is 1.00 bits per heavy atom. The lowest BCUT2D eigenvalue weighted by Crippen LogP contribution is -2.33. The first-order chi connectivity index (χ1) is 9.08. The third kappa shape index (κ3) is 3.36. The maximum Gasteiger partial charge on any atom is 0.257 e. The van der Waals surface area contributed by atoms with Crippen LogP contribution in [0, 0.1) is 5.92 Å². The summed E-state index contributed by atoms with van der Waals surface area (Å²) in [6.07, 6.45) is -3.87. The third-order valence-corrected chi connectivity index (χ3v) is 2.67. The fraction of sp³-hybridized carbons (Fsp3) is 0.333. The highest BCUT2D eigenvalue weighted by Crippen LogP contribution is 2.18. The van der Waals surface area contributed by atoms with Crippen molar-refractivity contribution in [3.63, 3.8) is 0 Å². The van der Waals surface area contributed by atoms with Gasteiger partial charge in [0.1, 0.15) is 0 Å². The summed E-state index contributed by atoms with van der Waals surface area (Å²) in [6.45, 7) is 0. The molecule has 7 heteroatoms. The number of aromatic nitrogens is 2. The molecule has 0 spiro atoms. The Bertz CT molecular complexity index is 504. The van der Waals surface area contributed by atoms with E-state index in [4.69, 9.17) is 24.9 Å². The molecule has 0 saturated heterocycles. The van der Waals surface area contributed by atoms with Crippen LogP contribution in [0.1, 0.15) is 5.82 Å². The second-order valence-electron chi connectivity index (χ2n) is 4.08. The van der Waals surface area contributed by atoms with Gasteiger partial charge in [0.05, 0.1) is 5.92 Å². The van der Waals surface area contributed by atoms with Crippen LogP contribution < -0.4 is 0 Å². The molecule has 0 aliphatic carbocycles. The quantitative estimate of drug-likeness (QED) is 0.539. The summed E-state index contributed by atoms with van der Waals surface area (Å²) in [5.74, 6) is -0.736. The van der Waals surface area contributed by atoms with Crippen LogP contribution in [0.25, 0.3) is 11.5 Å². The van der Waals surface area contributed by atoms with Gasteiger partial charge in [0.25, 0.3) is 5.89 Å². The maximum atomic E-state index is 9.02. The smallest absolute Gasteiger partial charge is 0.257 e. The van der Waals surface area contributed by atoms with Crippen LogP contribution in [0.2, 0.25) is 0 Å². The molecule has 0 atom stereocenters. The molecule has 4 N–H and O–H groups in total. The van der Waals surface area contributed by atoms with E-state index >= 15 is 0 Å². The van der Waals surface area contributed by atoms with Gasteiger partial charge in [-0.1, -0.05) is 23.4 Å². The van der Waals surface area contributed by atoms with Crippen LogP contribution in [0.4, 0.5) is 0 Å². The molecule has 7 nitrogen and oxygen atoms in total. The molecule has 2 aromatic rings. The van der Waals surface area contributed by atoms with Crippen LogP contribution >= 0.6 is 0 Å². The Balaban J connectivity index is 2.13. The Kier molecular flexibility index (Phi) is 4.23. The largest absolute Gasteiger partial charge is 0.368 e. The van der Waals surface area contributed by atoms with E-state index < -0.39 is 18.5 Å². The lowest BCUT2D eigenvalue weighted by Gasteiger charge is -2.18. The van der Waals surface area contributed by atoms with Crippen LogP contribution in [-0.2, 0) is 6.42 Å². The number of benzene rings is 1. The van der Waals surface area contributed by atoms with Gasteiger partial charge in [-0.3, -0.25) is 0 Å². The van der Waals surface area contributed by atoms with Crippen molar-refractivity contribution in [2.24, 2.45) is 5.92 Å². The maximum absolute atomic E-state index is 9.02. The molecule has 1 aromatic carbocycles. The number of hydrogen-bond donors (Lipinski definition) is 4. The van der Waals surface area contributed by atoms with Gasteiger partial charge in [-0.2, -0.15) is 4.98 Å². The van der Waals surface area contributed by atoms with Crippen LogP contribution in [-0.4, -0.2) is 43.1 Å². The monoisotopic (exact) mass is 266 g/mol. The zero-order chi connectivity index (χ0) is 13.8. The predicted octanol–water partition coefficient (Wildman–Crippen LogP) is -0.483. The van der Waals surface area contributed by atoms with E-state index in [-0.39, 0.29) is 18.1 Å². The van der Waals surface area contributed by atoms with E-state index in [2.05, 4.69) is 10.1 Å². The van der Waals surface area contributed by atoms with E-state index in [0.29, 0.717) is 0 Å². The average Bonchev–Trinajstić information content (AvgIpc) is 2.85. The van der Waals surface area contributed by atoms with Gasteiger partial charge in [-0.15, -0.1) is 0 Å². The van der Waals surface area contributed by atoms with Gasteiger partial charge in [0.15, 0.2) is 18.4 Å². The summed E-state index contributed by atoms with van der Waals surface area (Å²) in [5, 5.41) is 39.7. The zero-order valence-corrected chi connectivity index (χ0v) is 9.92. The van der Waals surface area contributed by atoms with Gasteiger partial charge < -0.3 is 24.9 Å². The number of aliphatic hydroxyl groups excluding tert-OH is 2. The fourth-order valence-electron chi connectivity index (χ4n) is 1.61. The number of nitrogens with zero attached hydrogens (tertiary/aromatic N) is 2.